The van der Waals surface area contributed by atoms with Crippen LogP contribution in [0, 0.1) is 5.82 Å². The van der Waals surface area contributed by atoms with Gasteiger partial charge in [0.2, 0.25) is 0 Å². The highest BCUT2D eigenvalue weighted by atomic mass is 19.1. The molecule has 0 fully saturated rings. The molecule has 0 saturated heterocycles. The van der Waals surface area contributed by atoms with Gasteiger partial charge in [0, 0.05) is 19.2 Å². The fraction of sp³-hybridized carbons (Fsp3) is 0.333. The monoisotopic (exact) mass is 251 g/mol. The summed E-state index contributed by atoms with van der Waals surface area (Å²) < 4.78 is 25.3. The Kier molecular flexibility index (Phi) is 3.88. The summed E-state index contributed by atoms with van der Waals surface area (Å²) >= 11 is 0. The maximum Gasteiger partial charge on any atom is 0.165 e. The summed E-state index contributed by atoms with van der Waals surface area (Å²) in [5, 5.41) is 7.81. The van der Waals surface area contributed by atoms with Crippen molar-refractivity contribution < 1.29 is 13.9 Å². The number of halogens is 1. The van der Waals surface area contributed by atoms with Crippen LogP contribution < -0.4 is 4.74 Å². The van der Waals surface area contributed by atoms with Crippen molar-refractivity contribution in [3.8, 4) is 17.1 Å². The van der Waals surface area contributed by atoms with E-state index in [4.69, 9.17) is 9.47 Å². The zero-order chi connectivity index (χ0) is 13.0. The van der Waals surface area contributed by atoms with E-state index in [2.05, 4.69) is 10.2 Å². The van der Waals surface area contributed by atoms with Crippen molar-refractivity contribution in [1.29, 1.82) is 0 Å². The lowest BCUT2D eigenvalue weighted by Crippen LogP contribution is -2.05. The van der Waals surface area contributed by atoms with Crippen LogP contribution in [-0.2, 0) is 11.3 Å². The molecular weight excluding hydrogens is 237 g/mol. The third-order valence-electron chi connectivity index (χ3n) is 2.56. The van der Waals surface area contributed by atoms with Gasteiger partial charge in [0.05, 0.1) is 13.7 Å². The third-order valence-corrected chi connectivity index (χ3v) is 2.56. The first-order valence-corrected chi connectivity index (χ1v) is 5.47. The number of ether oxygens (including phenoxy) is 2. The number of nitrogens with zero attached hydrogens (tertiary/aromatic N) is 3. The molecule has 0 spiro atoms. The highest BCUT2D eigenvalue weighted by Gasteiger charge is 2.10. The standard InChI is InChI=1S/C12H14FN3O2/c1-17-6-5-16-8-14-15-12(16)9-3-4-11(18-2)10(13)7-9/h3-4,7-8H,5-6H2,1-2H3. The van der Waals surface area contributed by atoms with Gasteiger partial charge >= 0.3 is 0 Å². The zero-order valence-corrected chi connectivity index (χ0v) is 10.3. The molecule has 1 heterocycles. The average molecular weight is 251 g/mol. The van der Waals surface area contributed by atoms with E-state index >= 15 is 0 Å². The molecule has 0 amide bonds. The highest BCUT2D eigenvalue weighted by Crippen LogP contribution is 2.23. The maximum absolute atomic E-state index is 13.6. The number of benzene rings is 1. The van der Waals surface area contributed by atoms with Gasteiger partial charge in [0.15, 0.2) is 17.4 Å². The molecule has 1 aromatic heterocycles. The first-order valence-electron chi connectivity index (χ1n) is 5.47. The second-order valence-electron chi connectivity index (χ2n) is 3.69. The Hall–Kier alpha value is -1.95. The SMILES string of the molecule is COCCn1cnnc1-c1ccc(OC)c(F)c1. The maximum atomic E-state index is 13.6. The fourth-order valence-electron chi connectivity index (χ4n) is 1.64. The molecule has 2 aromatic rings. The number of aromatic nitrogens is 3. The Morgan fingerprint density at radius 3 is 2.83 bits per heavy atom. The predicted octanol–water partition coefficient (Wildman–Crippen LogP) is 1.74. The van der Waals surface area contributed by atoms with E-state index < -0.39 is 5.82 Å². The van der Waals surface area contributed by atoms with Crippen LogP contribution in [0.3, 0.4) is 0 Å². The van der Waals surface area contributed by atoms with Crippen LogP contribution in [0.2, 0.25) is 0 Å². The van der Waals surface area contributed by atoms with Crippen LogP contribution in [0.15, 0.2) is 24.5 Å². The van der Waals surface area contributed by atoms with Gasteiger partial charge in [-0.05, 0) is 18.2 Å². The van der Waals surface area contributed by atoms with Crippen LogP contribution in [0.1, 0.15) is 0 Å². The van der Waals surface area contributed by atoms with Crippen molar-refractivity contribution in [3.63, 3.8) is 0 Å². The van der Waals surface area contributed by atoms with E-state index in [0.29, 0.717) is 24.5 Å². The molecule has 1 aromatic carbocycles. The van der Waals surface area contributed by atoms with Gasteiger partial charge in [-0.1, -0.05) is 0 Å². The van der Waals surface area contributed by atoms with E-state index in [1.807, 2.05) is 4.57 Å². The minimum absolute atomic E-state index is 0.210. The van der Waals surface area contributed by atoms with Crippen LogP contribution >= 0.6 is 0 Å². The van der Waals surface area contributed by atoms with Gasteiger partial charge in [-0.2, -0.15) is 0 Å². The molecule has 0 bridgehead atoms. The molecule has 0 atom stereocenters. The molecule has 0 N–H and O–H groups in total. The topological polar surface area (TPSA) is 49.2 Å². The van der Waals surface area contributed by atoms with Gasteiger partial charge in [0.1, 0.15) is 6.33 Å². The first kappa shape index (κ1) is 12.5. The van der Waals surface area contributed by atoms with Crippen molar-refractivity contribution in [2.75, 3.05) is 20.8 Å². The zero-order valence-electron chi connectivity index (χ0n) is 10.3. The van der Waals surface area contributed by atoms with E-state index in [9.17, 15) is 4.39 Å². The molecule has 2 rings (SSSR count). The largest absolute Gasteiger partial charge is 0.494 e. The molecule has 0 aliphatic carbocycles. The summed E-state index contributed by atoms with van der Waals surface area (Å²) in [6.07, 6.45) is 1.59. The third kappa shape index (κ3) is 2.48. The summed E-state index contributed by atoms with van der Waals surface area (Å²) in [4.78, 5) is 0. The molecule has 6 heteroatoms. The Labute approximate surface area is 104 Å². The van der Waals surface area contributed by atoms with Crippen molar-refractivity contribution in [3.05, 3.63) is 30.3 Å². The smallest absolute Gasteiger partial charge is 0.165 e. The molecule has 0 radical (unpaired) electrons. The van der Waals surface area contributed by atoms with Gasteiger partial charge in [-0.25, -0.2) is 4.39 Å². The first-order chi connectivity index (χ1) is 8.76. The van der Waals surface area contributed by atoms with Crippen LogP contribution in [0.4, 0.5) is 4.39 Å². The quantitative estimate of drug-likeness (QED) is 0.812. The van der Waals surface area contributed by atoms with E-state index in [0.717, 1.165) is 0 Å². The molecule has 96 valence electrons. The molecule has 0 unspecified atom stereocenters. The lowest BCUT2D eigenvalue weighted by Gasteiger charge is -2.07. The molecule has 0 aliphatic heterocycles. The Morgan fingerprint density at radius 1 is 1.33 bits per heavy atom. The summed E-state index contributed by atoms with van der Waals surface area (Å²) in [6, 6.07) is 4.70. The average Bonchev–Trinajstić information content (AvgIpc) is 2.84. The Morgan fingerprint density at radius 2 is 2.17 bits per heavy atom. The Balaban J connectivity index is 2.31. The van der Waals surface area contributed by atoms with Crippen LogP contribution in [-0.4, -0.2) is 35.6 Å². The Bertz CT molecular complexity index is 528. The molecule has 5 nitrogen and oxygen atoms in total. The normalized spacial score (nSPS) is 10.6. The van der Waals surface area contributed by atoms with E-state index in [1.165, 1.54) is 13.2 Å². The lowest BCUT2D eigenvalue weighted by molar-refractivity contribution is 0.187. The number of hydrogen-bond acceptors (Lipinski definition) is 4. The molecule has 0 aliphatic rings. The lowest BCUT2D eigenvalue weighted by atomic mass is 10.2. The minimum Gasteiger partial charge on any atom is -0.494 e. The number of hydrogen-bond donors (Lipinski definition) is 0. The van der Waals surface area contributed by atoms with E-state index in [-0.39, 0.29) is 5.75 Å². The van der Waals surface area contributed by atoms with Crippen molar-refractivity contribution in [2.24, 2.45) is 0 Å². The summed E-state index contributed by atoms with van der Waals surface area (Å²) in [5.41, 5.74) is 0.655. The van der Waals surface area contributed by atoms with Gasteiger partial charge in [0.25, 0.3) is 0 Å². The highest BCUT2D eigenvalue weighted by molar-refractivity contribution is 5.56. The van der Waals surface area contributed by atoms with Crippen molar-refractivity contribution in [2.45, 2.75) is 6.54 Å². The summed E-state index contributed by atoms with van der Waals surface area (Å²) in [5.74, 6) is 0.395. The minimum atomic E-state index is -0.420. The molecule has 0 saturated carbocycles. The molecular formula is C12H14FN3O2. The number of rotatable bonds is 5. The summed E-state index contributed by atoms with van der Waals surface area (Å²) in [6.45, 7) is 1.16. The summed E-state index contributed by atoms with van der Waals surface area (Å²) in [7, 11) is 3.05. The van der Waals surface area contributed by atoms with Crippen molar-refractivity contribution >= 4 is 0 Å². The van der Waals surface area contributed by atoms with E-state index in [1.54, 1.807) is 25.6 Å². The van der Waals surface area contributed by atoms with Gasteiger partial charge in [-0.15, -0.1) is 10.2 Å². The second kappa shape index (κ2) is 5.59. The number of methoxy groups -OCH3 is 2. The molecule has 18 heavy (non-hydrogen) atoms. The van der Waals surface area contributed by atoms with Crippen molar-refractivity contribution in [1.82, 2.24) is 14.8 Å². The fourth-order valence-corrected chi connectivity index (χ4v) is 1.64. The van der Waals surface area contributed by atoms with Crippen LogP contribution in [0.25, 0.3) is 11.4 Å². The second-order valence-corrected chi connectivity index (χ2v) is 3.69. The predicted molar refractivity (Wildman–Crippen MR) is 63.8 cm³/mol. The van der Waals surface area contributed by atoms with Crippen LogP contribution in [0.5, 0.6) is 5.75 Å². The van der Waals surface area contributed by atoms with Gasteiger partial charge < -0.3 is 14.0 Å². The van der Waals surface area contributed by atoms with Gasteiger partial charge in [-0.3, -0.25) is 0 Å².